The van der Waals surface area contributed by atoms with Crippen LogP contribution >= 0.6 is 0 Å². The molecule has 0 aromatic heterocycles. The average molecular weight is 408 g/mol. The Morgan fingerprint density at radius 2 is 1.82 bits per heavy atom. The number of nitrogens with zero attached hydrogens (tertiary/aromatic N) is 1. The van der Waals surface area contributed by atoms with Crippen molar-refractivity contribution in [2.45, 2.75) is 37.8 Å². The van der Waals surface area contributed by atoms with Gasteiger partial charge in [-0.1, -0.05) is 25.1 Å². The van der Waals surface area contributed by atoms with Crippen LogP contribution in [-0.4, -0.2) is 38.9 Å². The molecule has 6 nitrogen and oxygen atoms in total. The van der Waals surface area contributed by atoms with Crippen LogP contribution in [0.3, 0.4) is 0 Å². The predicted octanol–water partition coefficient (Wildman–Crippen LogP) is 2.94. The number of ether oxygens (including phenoxy) is 1. The van der Waals surface area contributed by atoms with Crippen LogP contribution in [0.25, 0.3) is 0 Å². The Labute approximate surface area is 165 Å². The van der Waals surface area contributed by atoms with Gasteiger partial charge >= 0.3 is 0 Å². The van der Waals surface area contributed by atoms with Crippen LogP contribution < -0.4 is 9.46 Å². The molecule has 1 amide bonds. The van der Waals surface area contributed by atoms with Gasteiger partial charge in [-0.25, -0.2) is 17.5 Å². The molecule has 1 unspecified atom stereocenters. The van der Waals surface area contributed by atoms with E-state index in [0.29, 0.717) is 17.7 Å². The van der Waals surface area contributed by atoms with E-state index in [1.165, 1.54) is 35.2 Å². The highest BCUT2D eigenvalue weighted by Crippen LogP contribution is 2.17. The van der Waals surface area contributed by atoms with Crippen molar-refractivity contribution >= 4 is 15.9 Å². The molecule has 2 aromatic rings. The largest absolute Gasteiger partial charge is 0.484 e. The summed E-state index contributed by atoms with van der Waals surface area (Å²) >= 11 is 0. The quantitative estimate of drug-likeness (QED) is 0.692. The molecule has 0 spiro atoms. The molecule has 2 rings (SSSR count). The Kier molecular flexibility index (Phi) is 7.53. The van der Waals surface area contributed by atoms with Gasteiger partial charge in [0.15, 0.2) is 6.61 Å². The van der Waals surface area contributed by atoms with Gasteiger partial charge in [-0.05, 0) is 43.7 Å². The zero-order valence-electron chi connectivity index (χ0n) is 16.2. The number of hydrogen-bond acceptors (Lipinski definition) is 4. The SMILES string of the molecule is CCC(C)NS(=O)(=O)c1ccc(OCC(=O)N(C)Cc2ccccc2F)cc1. The van der Waals surface area contributed by atoms with Gasteiger partial charge in [-0.2, -0.15) is 0 Å². The molecule has 1 atom stereocenters. The maximum atomic E-state index is 13.7. The summed E-state index contributed by atoms with van der Waals surface area (Å²) in [5, 5.41) is 0. The number of hydrogen-bond donors (Lipinski definition) is 1. The van der Waals surface area contributed by atoms with E-state index < -0.39 is 10.0 Å². The maximum absolute atomic E-state index is 13.7. The first kappa shape index (κ1) is 21.8. The Balaban J connectivity index is 1.92. The normalized spacial score (nSPS) is 12.4. The second kappa shape index (κ2) is 9.66. The third-order valence-electron chi connectivity index (χ3n) is 4.26. The molecule has 8 heteroatoms. The van der Waals surface area contributed by atoms with Crippen molar-refractivity contribution in [1.82, 2.24) is 9.62 Å². The second-order valence-electron chi connectivity index (χ2n) is 6.53. The Bertz CT molecular complexity index is 901. The van der Waals surface area contributed by atoms with Crippen molar-refractivity contribution in [2.75, 3.05) is 13.7 Å². The number of sulfonamides is 1. The number of likely N-dealkylation sites (N-methyl/N-ethyl adjacent to an activating group) is 1. The van der Waals surface area contributed by atoms with Crippen LogP contribution in [0.4, 0.5) is 4.39 Å². The van der Waals surface area contributed by atoms with Crippen LogP contribution in [0, 0.1) is 5.82 Å². The van der Waals surface area contributed by atoms with Crippen molar-refractivity contribution in [1.29, 1.82) is 0 Å². The molecule has 1 N–H and O–H groups in total. The van der Waals surface area contributed by atoms with E-state index in [0.717, 1.165) is 0 Å². The van der Waals surface area contributed by atoms with Crippen molar-refractivity contribution in [3.05, 3.63) is 59.9 Å². The van der Waals surface area contributed by atoms with Gasteiger partial charge in [0, 0.05) is 25.2 Å². The highest BCUT2D eigenvalue weighted by Gasteiger charge is 2.17. The molecule has 0 bridgehead atoms. The van der Waals surface area contributed by atoms with E-state index in [9.17, 15) is 17.6 Å². The minimum atomic E-state index is -3.59. The Hall–Kier alpha value is -2.45. The first-order chi connectivity index (χ1) is 13.2. The topological polar surface area (TPSA) is 75.7 Å². The monoisotopic (exact) mass is 408 g/mol. The highest BCUT2D eigenvalue weighted by molar-refractivity contribution is 7.89. The summed E-state index contributed by atoms with van der Waals surface area (Å²) in [6.07, 6.45) is 0.683. The number of amides is 1. The van der Waals surface area contributed by atoms with Gasteiger partial charge in [-0.3, -0.25) is 4.79 Å². The molecule has 0 fully saturated rings. The lowest BCUT2D eigenvalue weighted by Gasteiger charge is -2.18. The lowest BCUT2D eigenvalue weighted by Crippen LogP contribution is -2.32. The van der Waals surface area contributed by atoms with Crippen LogP contribution in [0.1, 0.15) is 25.8 Å². The third-order valence-corrected chi connectivity index (χ3v) is 5.86. The lowest BCUT2D eigenvalue weighted by molar-refractivity contribution is -0.132. The summed E-state index contributed by atoms with van der Waals surface area (Å²) in [6.45, 7) is 3.58. The number of halogens is 1. The lowest BCUT2D eigenvalue weighted by atomic mass is 10.2. The van der Waals surface area contributed by atoms with Gasteiger partial charge < -0.3 is 9.64 Å². The van der Waals surface area contributed by atoms with Gasteiger partial charge in [0.25, 0.3) is 5.91 Å². The van der Waals surface area contributed by atoms with Crippen LogP contribution in [0.2, 0.25) is 0 Å². The first-order valence-corrected chi connectivity index (χ1v) is 10.4. The molecule has 0 heterocycles. The standard InChI is InChI=1S/C20H25FN2O4S/c1-4-15(2)22-28(25,26)18-11-9-17(10-12-18)27-14-20(24)23(3)13-16-7-5-6-8-19(16)21/h5-12,15,22H,4,13-14H2,1-3H3. The molecule has 152 valence electrons. The summed E-state index contributed by atoms with van der Waals surface area (Å²) in [5.74, 6) is -0.320. The highest BCUT2D eigenvalue weighted by atomic mass is 32.2. The Morgan fingerprint density at radius 3 is 2.43 bits per heavy atom. The van der Waals surface area contributed by atoms with Crippen molar-refractivity contribution in [3.8, 4) is 5.75 Å². The molecule has 0 aliphatic heterocycles. The van der Waals surface area contributed by atoms with E-state index in [1.54, 1.807) is 32.2 Å². The molecule has 0 aliphatic carbocycles. The predicted molar refractivity (Wildman–Crippen MR) is 105 cm³/mol. The zero-order chi connectivity index (χ0) is 20.7. The molecular formula is C20H25FN2O4S. The smallest absolute Gasteiger partial charge is 0.260 e. The fraction of sp³-hybridized carbons (Fsp3) is 0.350. The number of benzene rings is 2. The molecule has 28 heavy (non-hydrogen) atoms. The number of carbonyl (C=O) groups excluding carboxylic acids is 1. The molecule has 0 radical (unpaired) electrons. The Morgan fingerprint density at radius 1 is 1.18 bits per heavy atom. The van der Waals surface area contributed by atoms with Gasteiger partial charge in [-0.15, -0.1) is 0 Å². The van der Waals surface area contributed by atoms with E-state index >= 15 is 0 Å². The first-order valence-electron chi connectivity index (χ1n) is 8.95. The summed E-state index contributed by atoms with van der Waals surface area (Å²) in [4.78, 5) is 13.7. The van der Waals surface area contributed by atoms with Crippen molar-refractivity contribution in [3.63, 3.8) is 0 Å². The van der Waals surface area contributed by atoms with Gasteiger partial charge in [0.1, 0.15) is 11.6 Å². The van der Waals surface area contributed by atoms with Crippen molar-refractivity contribution < 1.29 is 22.3 Å². The molecular weight excluding hydrogens is 383 g/mol. The average Bonchev–Trinajstić information content (AvgIpc) is 2.67. The molecule has 0 saturated carbocycles. The minimum Gasteiger partial charge on any atom is -0.484 e. The van der Waals surface area contributed by atoms with Crippen LogP contribution in [0.5, 0.6) is 5.75 Å². The molecule has 0 saturated heterocycles. The maximum Gasteiger partial charge on any atom is 0.260 e. The van der Waals surface area contributed by atoms with Crippen molar-refractivity contribution in [2.24, 2.45) is 0 Å². The zero-order valence-corrected chi connectivity index (χ0v) is 17.0. The summed E-state index contributed by atoms with van der Waals surface area (Å²) in [6, 6.07) is 11.9. The second-order valence-corrected chi connectivity index (χ2v) is 8.25. The number of nitrogens with one attached hydrogen (secondary N) is 1. The van der Waals surface area contributed by atoms with Crippen LogP contribution in [0.15, 0.2) is 53.4 Å². The van der Waals surface area contributed by atoms with E-state index in [-0.39, 0.29) is 35.8 Å². The molecule has 0 aliphatic rings. The van der Waals surface area contributed by atoms with Gasteiger partial charge in [0.2, 0.25) is 10.0 Å². The number of rotatable bonds is 9. The number of carbonyl (C=O) groups is 1. The molecule has 2 aromatic carbocycles. The fourth-order valence-corrected chi connectivity index (χ4v) is 3.68. The van der Waals surface area contributed by atoms with E-state index in [4.69, 9.17) is 4.74 Å². The summed E-state index contributed by atoms with van der Waals surface area (Å²) in [5.41, 5.74) is 0.418. The minimum absolute atomic E-state index is 0.128. The summed E-state index contributed by atoms with van der Waals surface area (Å²) in [7, 11) is -2.02. The third kappa shape index (κ3) is 6.03. The fourth-order valence-electron chi connectivity index (χ4n) is 2.36. The van der Waals surface area contributed by atoms with E-state index in [2.05, 4.69) is 4.72 Å². The summed E-state index contributed by atoms with van der Waals surface area (Å²) < 4.78 is 46.1. The van der Waals surface area contributed by atoms with Crippen LogP contribution in [-0.2, 0) is 21.4 Å². The van der Waals surface area contributed by atoms with E-state index in [1.807, 2.05) is 6.92 Å². The van der Waals surface area contributed by atoms with Gasteiger partial charge in [0.05, 0.1) is 4.90 Å².